The van der Waals surface area contributed by atoms with Crippen LogP contribution in [0.1, 0.15) is 44.3 Å². The fourth-order valence-electron chi connectivity index (χ4n) is 2.49. The zero-order valence-electron chi connectivity index (χ0n) is 13.5. The van der Waals surface area contributed by atoms with Crippen LogP contribution in [-0.2, 0) is 4.79 Å². The minimum atomic E-state index is -0.238. The van der Waals surface area contributed by atoms with E-state index in [-0.39, 0.29) is 17.2 Å². The number of hydrogen-bond donors (Lipinski definition) is 1. The number of carbonyl (C=O) groups excluding carboxylic acids is 1. The first-order valence-corrected chi connectivity index (χ1v) is 9.54. The molecule has 4 nitrogen and oxygen atoms in total. The van der Waals surface area contributed by atoms with E-state index in [2.05, 4.69) is 14.9 Å². The smallest absolute Gasteiger partial charge is 0.233 e. The van der Waals surface area contributed by atoms with Crippen LogP contribution in [0.2, 0.25) is 10.0 Å². The number of carbonyl (C=O) groups is 1. The standard InChI is InChI=1S/C17H19Cl2N3OS/c1-10(14-6-3-12(18)9-15(14)19)21-16(23)11(2)24-17-20-7-8-22(17)13-4-5-13/h3,6-11,13H,4-5H2,1-2H3,(H,21,23). The minimum absolute atomic E-state index is 0.0381. The number of imidazole rings is 1. The van der Waals surface area contributed by atoms with E-state index in [1.54, 1.807) is 18.3 Å². The molecule has 0 spiro atoms. The maximum Gasteiger partial charge on any atom is 0.233 e. The van der Waals surface area contributed by atoms with Gasteiger partial charge < -0.3 is 9.88 Å². The van der Waals surface area contributed by atoms with Crippen LogP contribution in [0.4, 0.5) is 0 Å². The zero-order chi connectivity index (χ0) is 17.3. The molecule has 1 heterocycles. The van der Waals surface area contributed by atoms with E-state index in [9.17, 15) is 4.79 Å². The molecule has 128 valence electrons. The lowest BCUT2D eigenvalue weighted by molar-refractivity contribution is -0.120. The Morgan fingerprint density at radius 3 is 2.79 bits per heavy atom. The summed E-state index contributed by atoms with van der Waals surface area (Å²) in [5.74, 6) is -0.0381. The first-order chi connectivity index (χ1) is 11.5. The molecule has 0 saturated heterocycles. The molecule has 2 aromatic rings. The highest BCUT2D eigenvalue weighted by molar-refractivity contribution is 8.00. The highest BCUT2D eigenvalue weighted by Crippen LogP contribution is 2.38. The molecular weight excluding hydrogens is 365 g/mol. The lowest BCUT2D eigenvalue weighted by Crippen LogP contribution is -2.33. The number of hydrogen-bond acceptors (Lipinski definition) is 3. The van der Waals surface area contributed by atoms with Gasteiger partial charge in [0.15, 0.2) is 5.16 Å². The molecule has 1 amide bonds. The van der Waals surface area contributed by atoms with E-state index in [0.717, 1.165) is 10.7 Å². The summed E-state index contributed by atoms with van der Waals surface area (Å²) in [4.78, 5) is 16.9. The summed E-state index contributed by atoms with van der Waals surface area (Å²) in [6, 6.07) is 5.67. The van der Waals surface area contributed by atoms with E-state index in [0.29, 0.717) is 16.1 Å². The minimum Gasteiger partial charge on any atom is -0.349 e. The predicted octanol–water partition coefficient (Wildman–Crippen LogP) is 4.88. The van der Waals surface area contributed by atoms with Crippen molar-refractivity contribution in [2.24, 2.45) is 0 Å². The van der Waals surface area contributed by atoms with Gasteiger partial charge in [0.05, 0.1) is 11.3 Å². The molecular formula is C17H19Cl2N3OS. The largest absolute Gasteiger partial charge is 0.349 e. The maximum absolute atomic E-state index is 12.5. The van der Waals surface area contributed by atoms with Gasteiger partial charge in [-0.05, 0) is 44.4 Å². The number of benzene rings is 1. The molecule has 0 bridgehead atoms. The van der Waals surface area contributed by atoms with Crippen LogP contribution < -0.4 is 5.32 Å². The van der Waals surface area contributed by atoms with Crippen molar-refractivity contribution >= 4 is 40.9 Å². The van der Waals surface area contributed by atoms with Crippen LogP contribution in [-0.4, -0.2) is 20.7 Å². The van der Waals surface area contributed by atoms with Crippen molar-refractivity contribution in [1.82, 2.24) is 14.9 Å². The van der Waals surface area contributed by atoms with Crippen molar-refractivity contribution in [2.75, 3.05) is 0 Å². The van der Waals surface area contributed by atoms with Crippen molar-refractivity contribution in [3.63, 3.8) is 0 Å². The average Bonchev–Trinajstić information content (AvgIpc) is 3.27. The first-order valence-electron chi connectivity index (χ1n) is 7.90. The Morgan fingerprint density at radius 2 is 2.12 bits per heavy atom. The van der Waals surface area contributed by atoms with Gasteiger partial charge in [-0.3, -0.25) is 4.79 Å². The number of nitrogens with one attached hydrogen (secondary N) is 1. The number of thioether (sulfide) groups is 1. The number of nitrogens with zero attached hydrogens (tertiary/aromatic N) is 2. The van der Waals surface area contributed by atoms with Gasteiger partial charge in [-0.1, -0.05) is 41.0 Å². The van der Waals surface area contributed by atoms with Gasteiger partial charge in [-0.2, -0.15) is 0 Å². The highest BCUT2D eigenvalue weighted by Gasteiger charge is 2.27. The summed E-state index contributed by atoms with van der Waals surface area (Å²) in [5, 5.41) is 4.81. The van der Waals surface area contributed by atoms with Crippen molar-refractivity contribution < 1.29 is 4.79 Å². The normalized spacial score (nSPS) is 16.7. The van der Waals surface area contributed by atoms with Gasteiger partial charge in [-0.25, -0.2) is 4.98 Å². The molecule has 1 aliphatic carbocycles. The summed E-state index contributed by atoms with van der Waals surface area (Å²) in [6.07, 6.45) is 6.16. The van der Waals surface area contributed by atoms with Crippen LogP contribution in [0, 0.1) is 0 Å². The van der Waals surface area contributed by atoms with Crippen LogP contribution in [0.3, 0.4) is 0 Å². The molecule has 0 aliphatic heterocycles. The summed E-state index contributed by atoms with van der Waals surface area (Å²) < 4.78 is 2.16. The molecule has 1 aliphatic rings. The Hall–Kier alpha value is -1.17. The second kappa shape index (κ2) is 7.38. The van der Waals surface area contributed by atoms with Gasteiger partial charge in [-0.15, -0.1) is 0 Å². The molecule has 7 heteroatoms. The Balaban J connectivity index is 1.62. The van der Waals surface area contributed by atoms with Crippen LogP contribution in [0.15, 0.2) is 35.7 Å². The maximum atomic E-state index is 12.5. The van der Waals surface area contributed by atoms with E-state index in [4.69, 9.17) is 23.2 Å². The van der Waals surface area contributed by atoms with Gasteiger partial charge in [0.1, 0.15) is 0 Å². The monoisotopic (exact) mass is 383 g/mol. The van der Waals surface area contributed by atoms with Crippen molar-refractivity contribution in [3.8, 4) is 0 Å². The predicted molar refractivity (Wildman–Crippen MR) is 98.8 cm³/mol. The first kappa shape index (κ1) is 17.6. The fraction of sp³-hybridized carbons (Fsp3) is 0.412. The van der Waals surface area contributed by atoms with Crippen molar-refractivity contribution in [1.29, 1.82) is 0 Å². The molecule has 2 atom stereocenters. The van der Waals surface area contributed by atoms with Crippen molar-refractivity contribution in [3.05, 3.63) is 46.2 Å². The van der Waals surface area contributed by atoms with E-state index >= 15 is 0 Å². The summed E-state index contributed by atoms with van der Waals surface area (Å²) in [6.45, 7) is 3.80. The Labute approximate surface area is 155 Å². The third kappa shape index (κ3) is 4.08. The molecule has 1 aromatic carbocycles. The van der Waals surface area contributed by atoms with Crippen LogP contribution >= 0.6 is 35.0 Å². The van der Waals surface area contributed by atoms with Gasteiger partial charge in [0, 0.05) is 28.5 Å². The second-order valence-corrected chi connectivity index (χ2v) is 8.16. The van der Waals surface area contributed by atoms with E-state index in [1.165, 1.54) is 24.6 Å². The Kier molecular flexibility index (Phi) is 5.42. The third-order valence-electron chi connectivity index (χ3n) is 4.01. The molecule has 1 saturated carbocycles. The number of rotatable bonds is 6. The number of aromatic nitrogens is 2. The molecule has 24 heavy (non-hydrogen) atoms. The molecule has 1 fully saturated rings. The lowest BCUT2D eigenvalue weighted by Gasteiger charge is -2.19. The molecule has 1 N–H and O–H groups in total. The zero-order valence-corrected chi connectivity index (χ0v) is 15.8. The van der Waals surface area contributed by atoms with Gasteiger partial charge in [0.2, 0.25) is 5.91 Å². The average molecular weight is 384 g/mol. The Morgan fingerprint density at radius 1 is 1.38 bits per heavy atom. The van der Waals surface area contributed by atoms with Crippen LogP contribution in [0.25, 0.3) is 0 Å². The summed E-state index contributed by atoms with van der Waals surface area (Å²) >= 11 is 13.6. The van der Waals surface area contributed by atoms with Gasteiger partial charge in [0.25, 0.3) is 0 Å². The highest BCUT2D eigenvalue weighted by atomic mass is 35.5. The number of halogens is 2. The second-order valence-electron chi connectivity index (χ2n) is 6.00. The third-order valence-corrected chi connectivity index (χ3v) is 5.67. The molecule has 3 rings (SSSR count). The van der Waals surface area contributed by atoms with E-state index in [1.807, 2.05) is 26.1 Å². The SMILES string of the molecule is CC(Sc1nccn1C1CC1)C(=O)NC(C)c1ccc(Cl)cc1Cl. The molecule has 2 unspecified atom stereocenters. The fourth-order valence-corrected chi connectivity index (χ4v) is 4.01. The molecule has 1 aromatic heterocycles. The molecule has 0 radical (unpaired) electrons. The van der Waals surface area contributed by atoms with Crippen LogP contribution in [0.5, 0.6) is 0 Å². The quantitative estimate of drug-likeness (QED) is 0.722. The topological polar surface area (TPSA) is 46.9 Å². The van der Waals surface area contributed by atoms with Gasteiger partial charge >= 0.3 is 0 Å². The Bertz CT molecular complexity index is 745. The van der Waals surface area contributed by atoms with E-state index < -0.39 is 0 Å². The van der Waals surface area contributed by atoms with Crippen molar-refractivity contribution in [2.45, 2.75) is 49.2 Å². The number of amides is 1. The lowest BCUT2D eigenvalue weighted by atomic mass is 10.1. The summed E-state index contributed by atoms with van der Waals surface area (Å²) in [7, 11) is 0. The summed E-state index contributed by atoms with van der Waals surface area (Å²) in [5.41, 5.74) is 0.853.